The van der Waals surface area contributed by atoms with Crippen LogP contribution in [0.15, 0.2) is 0 Å². The Morgan fingerprint density at radius 3 is 1.57 bits per heavy atom. The molecule has 0 fully saturated rings. The van der Waals surface area contributed by atoms with Gasteiger partial charge in [0.2, 0.25) is 0 Å². The van der Waals surface area contributed by atoms with Crippen LogP contribution in [0.4, 0.5) is 9.59 Å². The van der Waals surface area contributed by atoms with Gasteiger partial charge in [-0.25, -0.2) is 9.59 Å². The number of hydrogen-bond acceptors (Lipinski definition) is 5. The number of carbonyl (C=O) groups is 4. The third-order valence-corrected chi connectivity index (χ3v) is 4.26. The van der Waals surface area contributed by atoms with Gasteiger partial charge >= 0.3 is 12.1 Å². The zero-order chi connectivity index (χ0) is 21.9. The molecule has 164 valence electrons. The summed E-state index contributed by atoms with van der Waals surface area (Å²) in [4.78, 5) is 42.9. The molecule has 4 amide bonds. The molecule has 0 saturated heterocycles. The topological polar surface area (TPSA) is 170 Å². The molecule has 2 atom stereocenters. The van der Waals surface area contributed by atoms with Crippen LogP contribution in [0.3, 0.4) is 0 Å². The Morgan fingerprint density at radius 1 is 0.750 bits per heavy atom. The highest BCUT2D eigenvalue weighted by molar-refractivity contribution is 5.83. The van der Waals surface area contributed by atoms with E-state index in [9.17, 15) is 19.2 Å². The molecular formula is C19H39N5O4. The number of unbranched alkanes of at least 4 members (excludes halogenated alkanes) is 2. The lowest BCUT2D eigenvalue weighted by Gasteiger charge is -2.08. The van der Waals surface area contributed by atoms with Crippen molar-refractivity contribution in [2.45, 2.75) is 78.2 Å². The van der Waals surface area contributed by atoms with E-state index in [1.807, 2.05) is 13.8 Å². The number of primary amides is 2. The first kappa shape index (κ1) is 28.1. The van der Waals surface area contributed by atoms with Gasteiger partial charge < -0.3 is 27.8 Å². The molecule has 0 aromatic rings. The van der Waals surface area contributed by atoms with Crippen molar-refractivity contribution in [3.05, 3.63) is 0 Å². The van der Waals surface area contributed by atoms with E-state index in [2.05, 4.69) is 10.6 Å². The smallest absolute Gasteiger partial charge is 0.312 e. The molecule has 0 aliphatic carbocycles. The van der Waals surface area contributed by atoms with Gasteiger partial charge in [-0.2, -0.15) is 0 Å². The third kappa shape index (κ3) is 18.6. The van der Waals surface area contributed by atoms with Crippen molar-refractivity contribution in [3.8, 4) is 0 Å². The van der Waals surface area contributed by atoms with E-state index in [-0.39, 0.29) is 17.7 Å². The molecule has 0 bridgehead atoms. The minimum absolute atomic E-state index is 0.0906. The molecule has 0 aliphatic rings. The van der Waals surface area contributed by atoms with Gasteiger partial charge in [-0.3, -0.25) is 9.59 Å². The predicted molar refractivity (Wildman–Crippen MR) is 111 cm³/mol. The Hall–Kier alpha value is -2.16. The maximum Gasteiger partial charge on any atom is 0.312 e. The maximum atomic E-state index is 11.2. The first-order chi connectivity index (χ1) is 13.1. The third-order valence-electron chi connectivity index (χ3n) is 4.26. The number of Topliss-reactive ketones (excluding diaryl/α,β-unsaturated/α-hetero) is 2. The van der Waals surface area contributed by atoms with Crippen LogP contribution in [0.2, 0.25) is 0 Å². The van der Waals surface area contributed by atoms with E-state index >= 15 is 0 Å². The van der Waals surface area contributed by atoms with E-state index in [1.165, 1.54) is 0 Å². The largest absolute Gasteiger partial charge is 0.352 e. The molecule has 0 radical (unpaired) electrons. The first-order valence-electron chi connectivity index (χ1n) is 10.0. The fourth-order valence-electron chi connectivity index (χ4n) is 2.42. The Morgan fingerprint density at radius 2 is 1.18 bits per heavy atom. The van der Waals surface area contributed by atoms with Crippen LogP contribution in [-0.4, -0.2) is 42.8 Å². The van der Waals surface area contributed by atoms with Crippen molar-refractivity contribution in [2.75, 3.05) is 13.1 Å². The molecule has 28 heavy (non-hydrogen) atoms. The second-order valence-electron chi connectivity index (χ2n) is 6.72. The minimum atomic E-state index is -0.515. The lowest BCUT2D eigenvalue weighted by Crippen LogP contribution is -2.31. The number of amides is 4. The van der Waals surface area contributed by atoms with E-state index in [0.717, 1.165) is 32.1 Å². The Bertz CT molecular complexity index is 429. The monoisotopic (exact) mass is 401 g/mol. The number of nitrogens with one attached hydrogen (secondary N) is 2. The summed E-state index contributed by atoms with van der Waals surface area (Å²) in [5, 5.41) is 4.99. The van der Waals surface area contributed by atoms with Gasteiger partial charge in [0.25, 0.3) is 0 Å². The Kier molecular flexibility index (Phi) is 18.2. The van der Waals surface area contributed by atoms with Crippen LogP contribution in [0.1, 0.15) is 72.1 Å². The molecule has 0 rings (SSSR count). The van der Waals surface area contributed by atoms with Crippen LogP contribution in [-0.2, 0) is 9.59 Å². The standard InChI is InChI=1S/C10H20N2O2.C9H19N3O2/c1-3-9(13)8(2)6-4-5-7-12-10(11)14;1-2-8(13)7(10)5-3-4-6-12-9(11)14/h8H,3-7H2,1-2H3,(H3,11,12,14);7H,2-6,10H2,1H3,(H3,11,12,14)/t8-;7-/m00/s1. The second-order valence-corrected chi connectivity index (χ2v) is 6.72. The maximum absolute atomic E-state index is 11.2. The molecule has 0 aliphatic heterocycles. The molecule has 9 heteroatoms. The van der Waals surface area contributed by atoms with E-state index in [1.54, 1.807) is 6.92 Å². The molecule has 9 nitrogen and oxygen atoms in total. The fourth-order valence-corrected chi connectivity index (χ4v) is 2.42. The Balaban J connectivity index is 0. The number of nitrogens with two attached hydrogens (primary N) is 3. The summed E-state index contributed by atoms with van der Waals surface area (Å²) in [6, 6.07) is -1.35. The van der Waals surface area contributed by atoms with Crippen molar-refractivity contribution in [3.63, 3.8) is 0 Å². The number of urea groups is 2. The lowest BCUT2D eigenvalue weighted by molar-refractivity contribution is -0.122. The van der Waals surface area contributed by atoms with Crippen molar-refractivity contribution < 1.29 is 19.2 Å². The van der Waals surface area contributed by atoms with Crippen molar-refractivity contribution in [1.29, 1.82) is 0 Å². The van der Waals surface area contributed by atoms with Crippen LogP contribution in [0, 0.1) is 5.92 Å². The Labute approximate surface area is 168 Å². The molecule has 8 N–H and O–H groups in total. The van der Waals surface area contributed by atoms with E-state index in [0.29, 0.717) is 38.1 Å². The minimum Gasteiger partial charge on any atom is -0.352 e. The molecule has 0 aromatic heterocycles. The van der Waals surface area contributed by atoms with Gasteiger partial charge in [0.15, 0.2) is 0 Å². The highest BCUT2D eigenvalue weighted by Gasteiger charge is 2.10. The summed E-state index contributed by atoms with van der Waals surface area (Å²) in [6.45, 7) is 6.78. The molecule has 0 saturated carbocycles. The van der Waals surface area contributed by atoms with Gasteiger partial charge in [-0.05, 0) is 32.1 Å². The molecule has 0 unspecified atom stereocenters. The predicted octanol–water partition coefficient (Wildman–Crippen LogP) is 1.57. The van der Waals surface area contributed by atoms with Crippen molar-refractivity contribution in [2.24, 2.45) is 23.1 Å². The normalized spacial score (nSPS) is 12.1. The van der Waals surface area contributed by atoms with Crippen molar-refractivity contribution in [1.82, 2.24) is 10.6 Å². The van der Waals surface area contributed by atoms with E-state index in [4.69, 9.17) is 17.2 Å². The quantitative estimate of drug-likeness (QED) is 0.278. The number of ketones is 2. The highest BCUT2D eigenvalue weighted by atomic mass is 16.2. The average molecular weight is 402 g/mol. The van der Waals surface area contributed by atoms with Gasteiger partial charge in [-0.15, -0.1) is 0 Å². The SMILES string of the molecule is CCC(=O)[C@@H](C)CCCCNC(N)=O.CCC(=O)[C@@H](N)CCCCNC(N)=O. The summed E-state index contributed by atoms with van der Waals surface area (Å²) in [5.74, 6) is 0.550. The van der Waals surface area contributed by atoms with Gasteiger partial charge in [0, 0.05) is 31.8 Å². The number of rotatable bonds is 14. The highest BCUT2D eigenvalue weighted by Crippen LogP contribution is 2.10. The van der Waals surface area contributed by atoms with E-state index < -0.39 is 12.1 Å². The van der Waals surface area contributed by atoms with Gasteiger partial charge in [0.1, 0.15) is 11.6 Å². The number of carbonyl (C=O) groups excluding carboxylic acids is 4. The lowest BCUT2D eigenvalue weighted by atomic mass is 9.98. The van der Waals surface area contributed by atoms with Crippen molar-refractivity contribution >= 4 is 23.6 Å². The van der Waals surface area contributed by atoms with Crippen LogP contribution in [0.5, 0.6) is 0 Å². The van der Waals surface area contributed by atoms with Crippen LogP contribution in [0.25, 0.3) is 0 Å². The van der Waals surface area contributed by atoms with Gasteiger partial charge in [0.05, 0.1) is 6.04 Å². The first-order valence-corrected chi connectivity index (χ1v) is 10.0. The van der Waals surface area contributed by atoms with Gasteiger partial charge in [-0.1, -0.05) is 27.2 Å². The zero-order valence-electron chi connectivity index (χ0n) is 17.6. The summed E-state index contributed by atoms with van der Waals surface area (Å²) in [5.41, 5.74) is 15.4. The summed E-state index contributed by atoms with van der Waals surface area (Å²) in [7, 11) is 0. The summed E-state index contributed by atoms with van der Waals surface area (Å²) in [6.07, 6.45) is 6.12. The molecule has 0 spiro atoms. The van der Waals surface area contributed by atoms with Crippen LogP contribution < -0.4 is 27.8 Å². The zero-order valence-corrected chi connectivity index (χ0v) is 17.6. The number of hydrogen-bond donors (Lipinski definition) is 5. The molecular weight excluding hydrogens is 362 g/mol. The molecule has 0 aromatic carbocycles. The summed E-state index contributed by atoms with van der Waals surface area (Å²) < 4.78 is 0. The summed E-state index contributed by atoms with van der Waals surface area (Å²) >= 11 is 0. The fraction of sp³-hybridized carbons (Fsp3) is 0.789. The average Bonchev–Trinajstić information content (AvgIpc) is 2.65. The second kappa shape index (κ2) is 18.2. The molecule has 0 heterocycles. The van der Waals surface area contributed by atoms with Crippen LogP contribution >= 0.6 is 0 Å².